The monoisotopic (exact) mass is 404 g/mol. The largest absolute Gasteiger partial charge is 0.492 e. The van der Waals surface area contributed by atoms with Gasteiger partial charge in [-0.05, 0) is 70.0 Å². The molecule has 1 aliphatic heterocycles. The second-order valence-electron chi connectivity index (χ2n) is 8.27. The SMILES string of the molecule is CCCCCC(C)(OCCC)C(=O)Nc1ccc(OCCN2CCCCC2)cc1. The highest BCUT2D eigenvalue weighted by atomic mass is 16.5. The van der Waals surface area contributed by atoms with E-state index in [9.17, 15) is 4.79 Å². The van der Waals surface area contributed by atoms with E-state index < -0.39 is 5.60 Å². The molecule has 1 atom stereocenters. The highest BCUT2D eigenvalue weighted by Gasteiger charge is 2.33. The lowest BCUT2D eigenvalue weighted by Crippen LogP contribution is -2.43. The fraction of sp³-hybridized carbons (Fsp3) is 0.708. The van der Waals surface area contributed by atoms with Crippen molar-refractivity contribution in [2.45, 2.75) is 77.7 Å². The molecule has 0 spiro atoms. The number of anilines is 1. The summed E-state index contributed by atoms with van der Waals surface area (Å²) in [5, 5.41) is 3.03. The molecule has 0 bridgehead atoms. The zero-order chi connectivity index (χ0) is 21.0. The standard InChI is InChI=1S/C24H40N2O3/c1-4-6-8-15-24(3,29-19-5-2)23(27)25-21-11-13-22(14-12-21)28-20-18-26-16-9-7-10-17-26/h11-14H,4-10,15-20H2,1-3H3,(H,25,27). The van der Waals surface area contributed by atoms with Gasteiger partial charge in [-0.15, -0.1) is 0 Å². The Kier molecular flexibility index (Phi) is 10.5. The van der Waals surface area contributed by atoms with Crippen LogP contribution in [0.4, 0.5) is 5.69 Å². The zero-order valence-electron chi connectivity index (χ0n) is 18.7. The van der Waals surface area contributed by atoms with Gasteiger partial charge in [-0.3, -0.25) is 9.69 Å². The van der Waals surface area contributed by atoms with Crippen molar-refractivity contribution in [3.63, 3.8) is 0 Å². The maximum Gasteiger partial charge on any atom is 0.256 e. The summed E-state index contributed by atoms with van der Waals surface area (Å²) in [4.78, 5) is 15.4. The number of carbonyl (C=O) groups is 1. The smallest absolute Gasteiger partial charge is 0.256 e. The van der Waals surface area contributed by atoms with E-state index in [1.807, 2.05) is 31.2 Å². The van der Waals surface area contributed by atoms with E-state index in [2.05, 4.69) is 24.1 Å². The molecule has 1 fully saturated rings. The first-order chi connectivity index (χ1) is 14.1. The predicted octanol–water partition coefficient (Wildman–Crippen LogP) is 5.26. The molecule has 1 aliphatic rings. The van der Waals surface area contributed by atoms with E-state index in [0.717, 1.165) is 50.1 Å². The number of hydrogen-bond acceptors (Lipinski definition) is 4. The van der Waals surface area contributed by atoms with Gasteiger partial charge in [-0.2, -0.15) is 0 Å². The lowest BCUT2D eigenvalue weighted by molar-refractivity contribution is -0.140. The third kappa shape index (κ3) is 8.35. The number of unbranched alkanes of at least 4 members (excludes halogenated alkanes) is 2. The van der Waals surface area contributed by atoms with Gasteiger partial charge in [0, 0.05) is 18.8 Å². The van der Waals surface area contributed by atoms with Gasteiger partial charge < -0.3 is 14.8 Å². The fourth-order valence-electron chi connectivity index (χ4n) is 3.66. The molecule has 1 saturated heterocycles. The number of nitrogens with one attached hydrogen (secondary N) is 1. The molecule has 1 amide bonds. The molecule has 1 aromatic rings. The number of benzene rings is 1. The second kappa shape index (κ2) is 12.9. The number of amides is 1. The molecular formula is C24H40N2O3. The molecule has 1 N–H and O–H groups in total. The summed E-state index contributed by atoms with van der Waals surface area (Å²) in [5.41, 5.74) is -0.00498. The molecule has 164 valence electrons. The Morgan fingerprint density at radius 1 is 1.03 bits per heavy atom. The van der Waals surface area contributed by atoms with Crippen LogP contribution in [-0.4, -0.2) is 49.3 Å². The number of ether oxygens (including phenoxy) is 2. The third-order valence-electron chi connectivity index (χ3n) is 5.60. The van der Waals surface area contributed by atoms with Crippen molar-refractivity contribution in [3.8, 4) is 5.75 Å². The number of nitrogens with zero attached hydrogens (tertiary/aromatic N) is 1. The fourth-order valence-corrected chi connectivity index (χ4v) is 3.66. The zero-order valence-corrected chi connectivity index (χ0v) is 18.7. The van der Waals surface area contributed by atoms with Crippen LogP contribution < -0.4 is 10.1 Å². The molecule has 2 rings (SSSR count). The van der Waals surface area contributed by atoms with Gasteiger partial charge in [0.2, 0.25) is 0 Å². The van der Waals surface area contributed by atoms with Crippen molar-refractivity contribution < 1.29 is 14.3 Å². The molecule has 0 radical (unpaired) electrons. The normalized spacial score (nSPS) is 16.9. The minimum atomic E-state index is -0.783. The van der Waals surface area contributed by atoms with Crippen molar-refractivity contribution in [1.82, 2.24) is 4.90 Å². The minimum Gasteiger partial charge on any atom is -0.492 e. The number of piperidine rings is 1. The van der Waals surface area contributed by atoms with Gasteiger partial charge in [0.05, 0.1) is 0 Å². The van der Waals surface area contributed by atoms with Crippen LogP contribution in [0.2, 0.25) is 0 Å². The molecule has 5 heteroatoms. The Morgan fingerprint density at radius 2 is 1.76 bits per heavy atom. The lowest BCUT2D eigenvalue weighted by Gasteiger charge is -2.29. The van der Waals surface area contributed by atoms with E-state index in [4.69, 9.17) is 9.47 Å². The molecule has 0 aromatic heterocycles. The Hall–Kier alpha value is -1.59. The van der Waals surface area contributed by atoms with Gasteiger partial charge in [-0.25, -0.2) is 0 Å². The Labute approximate surface area is 177 Å². The molecule has 1 aromatic carbocycles. The number of hydrogen-bond donors (Lipinski definition) is 1. The van der Waals surface area contributed by atoms with Crippen LogP contribution >= 0.6 is 0 Å². The average Bonchev–Trinajstić information content (AvgIpc) is 2.74. The summed E-state index contributed by atoms with van der Waals surface area (Å²) in [5.74, 6) is 0.772. The van der Waals surface area contributed by atoms with Crippen LogP contribution in [-0.2, 0) is 9.53 Å². The number of rotatable bonds is 13. The van der Waals surface area contributed by atoms with Crippen molar-refractivity contribution >= 4 is 11.6 Å². The molecule has 0 aliphatic carbocycles. The van der Waals surface area contributed by atoms with Gasteiger partial charge >= 0.3 is 0 Å². The quantitative estimate of drug-likeness (QED) is 0.456. The first kappa shape index (κ1) is 23.7. The second-order valence-corrected chi connectivity index (χ2v) is 8.27. The van der Waals surface area contributed by atoms with E-state index in [1.54, 1.807) is 0 Å². The van der Waals surface area contributed by atoms with Crippen LogP contribution in [0.1, 0.15) is 72.1 Å². The Morgan fingerprint density at radius 3 is 2.41 bits per heavy atom. The van der Waals surface area contributed by atoms with Gasteiger partial charge in [0.15, 0.2) is 0 Å². The number of carbonyl (C=O) groups excluding carboxylic acids is 1. The Bertz CT molecular complexity index is 584. The molecule has 0 saturated carbocycles. The van der Waals surface area contributed by atoms with Crippen molar-refractivity contribution in [3.05, 3.63) is 24.3 Å². The van der Waals surface area contributed by atoms with E-state index in [0.29, 0.717) is 13.2 Å². The molecule has 5 nitrogen and oxygen atoms in total. The number of likely N-dealkylation sites (tertiary alicyclic amines) is 1. The first-order valence-corrected chi connectivity index (χ1v) is 11.5. The summed E-state index contributed by atoms with van der Waals surface area (Å²) < 4.78 is 11.8. The predicted molar refractivity (Wildman–Crippen MR) is 120 cm³/mol. The van der Waals surface area contributed by atoms with Crippen LogP contribution in [0.15, 0.2) is 24.3 Å². The van der Waals surface area contributed by atoms with E-state index in [1.165, 1.54) is 32.4 Å². The van der Waals surface area contributed by atoms with E-state index >= 15 is 0 Å². The van der Waals surface area contributed by atoms with Crippen LogP contribution in [0.3, 0.4) is 0 Å². The molecular weight excluding hydrogens is 364 g/mol. The summed E-state index contributed by atoms with van der Waals surface area (Å²) in [6.45, 7) is 10.8. The highest BCUT2D eigenvalue weighted by Crippen LogP contribution is 2.23. The van der Waals surface area contributed by atoms with Crippen LogP contribution in [0, 0.1) is 0 Å². The topological polar surface area (TPSA) is 50.8 Å². The summed E-state index contributed by atoms with van der Waals surface area (Å²) >= 11 is 0. The minimum absolute atomic E-state index is 0.0687. The van der Waals surface area contributed by atoms with Gasteiger partial charge in [0.25, 0.3) is 5.91 Å². The first-order valence-electron chi connectivity index (χ1n) is 11.5. The molecule has 29 heavy (non-hydrogen) atoms. The summed E-state index contributed by atoms with van der Waals surface area (Å²) in [6.07, 6.45) is 8.83. The molecule has 1 heterocycles. The van der Waals surface area contributed by atoms with Gasteiger partial charge in [0.1, 0.15) is 18.0 Å². The lowest BCUT2D eigenvalue weighted by atomic mass is 9.96. The maximum atomic E-state index is 12.9. The maximum absolute atomic E-state index is 12.9. The van der Waals surface area contributed by atoms with Crippen molar-refractivity contribution in [2.75, 3.05) is 38.2 Å². The van der Waals surface area contributed by atoms with Crippen LogP contribution in [0.5, 0.6) is 5.75 Å². The average molecular weight is 405 g/mol. The summed E-state index contributed by atoms with van der Waals surface area (Å²) in [7, 11) is 0. The van der Waals surface area contributed by atoms with Crippen molar-refractivity contribution in [1.29, 1.82) is 0 Å². The molecule has 1 unspecified atom stereocenters. The highest BCUT2D eigenvalue weighted by molar-refractivity contribution is 5.97. The van der Waals surface area contributed by atoms with Crippen LogP contribution in [0.25, 0.3) is 0 Å². The summed E-state index contributed by atoms with van der Waals surface area (Å²) in [6, 6.07) is 7.65. The van der Waals surface area contributed by atoms with Gasteiger partial charge in [-0.1, -0.05) is 39.5 Å². The van der Waals surface area contributed by atoms with Crippen molar-refractivity contribution in [2.24, 2.45) is 0 Å². The Balaban J connectivity index is 1.83. The third-order valence-corrected chi connectivity index (χ3v) is 5.60. The van der Waals surface area contributed by atoms with E-state index in [-0.39, 0.29) is 5.91 Å².